The highest BCUT2D eigenvalue weighted by Gasteiger charge is 2.14. The number of halogens is 3. The van der Waals surface area contributed by atoms with Gasteiger partial charge in [0.15, 0.2) is 17.5 Å². The molecule has 1 aromatic heterocycles. The fraction of sp³-hybridized carbons (Fsp3) is 0.250. The zero-order valence-corrected chi connectivity index (χ0v) is 13.2. The van der Waals surface area contributed by atoms with E-state index in [9.17, 15) is 18.0 Å². The first-order chi connectivity index (χ1) is 11.4. The number of anilines is 2. The lowest BCUT2D eigenvalue weighted by Gasteiger charge is -2.11. The summed E-state index contributed by atoms with van der Waals surface area (Å²) in [6.45, 7) is 1.12. The van der Waals surface area contributed by atoms with E-state index in [1.54, 1.807) is 0 Å². The predicted molar refractivity (Wildman–Crippen MR) is 84.7 cm³/mol. The Morgan fingerprint density at radius 2 is 1.92 bits per heavy atom. The second kappa shape index (κ2) is 7.78. The minimum atomic E-state index is -1.56. The summed E-state index contributed by atoms with van der Waals surface area (Å²) in [4.78, 5) is 17.8. The van der Waals surface area contributed by atoms with Crippen molar-refractivity contribution in [2.24, 2.45) is 0 Å². The lowest BCUT2D eigenvalue weighted by atomic mass is 10.2. The first kappa shape index (κ1) is 17.7. The van der Waals surface area contributed by atoms with Crippen LogP contribution in [0.4, 0.5) is 24.5 Å². The van der Waals surface area contributed by atoms with Crippen LogP contribution in [0.3, 0.4) is 0 Å². The number of nitrogens with one attached hydrogen (secondary N) is 2. The molecule has 0 radical (unpaired) electrons. The summed E-state index contributed by atoms with van der Waals surface area (Å²) < 4.78 is 39.8. The molecule has 128 valence electrons. The van der Waals surface area contributed by atoms with E-state index in [1.807, 2.05) is 19.0 Å². The van der Waals surface area contributed by atoms with Gasteiger partial charge in [-0.1, -0.05) is 0 Å². The number of hydrogen-bond acceptors (Lipinski definition) is 4. The van der Waals surface area contributed by atoms with Crippen LogP contribution in [0.2, 0.25) is 0 Å². The highest BCUT2D eigenvalue weighted by molar-refractivity contribution is 5.93. The molecule has 0 unspecified atom stereocenters. The van der Waals surface area contributed by atoms with Crippen LogP contribution < -0.4 is 10.6 Å². The summed E-state index contributed by atoms with van der Waals surface area (Å²) >= 11 is 0. The molecule has 5 nitrogen and oxygen atoms in total. The molecule has 0 bridgehead atoms. The van der Waals surface area contributed by atoms with Gasteiger partial charge in [0.2, 0.25) is 0 Å². The van der Waals surface area contributed by atoms with E-state index in [0.29, 0.717) is 18.8 Å². The molecule has 2 rings (SSSR count). The van der Waals surface area contributed by atoms with Crippen LogP contribution in [0.25, 0.3) is 0 Å². The van der Waals surface area contributed by atoms with Crippen molar-refractivity contribution >= 4 is 17.3 Å². The summed E-state index contributed by atoms with van der Waals surface area (Å²) in [5.74, 6) is -4.54. The Kier molecular flexibility index (Phi) is 5.75. The Bertz CT molecular complexity index is 737. The fourth-order valence-electron chi connectivity index (χ4n) is 1.89. The number of hydrogen-bond donors (Lipinski definition) is 2. The first-order valence-corrected chi connectivity index (χ1v) is 7.18. The van der Waals surface area contributed by atoms with Crippen LogP contribution in [0.1, 0.15) is 10.5 Å². The number of pyridine rings is 1. The van der Waals surface area contributed by atoms with Gasteiger partial charge in [0.25, 0.3) is 5.91 Å². The summed E-state index contributed by atoms with van der Waals surface area (Å²) in [6, 6.07) is 4.77. The van der Waals surface area contributed by atoms with Gasteiger partial charge in [-0.3, -0.25) is 9.78 Å². The van der Waals surface area contributed by atoms with Crippen molar-refractivity contribution in [3.05, 3.63) is 53.6 Å². The molecule has 8 heteroatoms. The van der Waals surface area contributed by atoms with Crippen molar-refractivity contribution in [3.63, 3.8) is 0 Å². The zero-order valence-electron chi connectivity index (χ0n) is 13.2. The van der Waals surface area contributed by atoms with Gasteiger partial charge >= 0.3 is 0 Å². The number of rotatable bonds is 6. The topological polar surface area (TPSA) is 57.3 Å². The van der Waals surface area contributed by atoms with E-state index in [2.05, 4.69) is 15.6 Å². The van der Waals surface area contributed by atoms with Crippen molar-refractivity contribution in [1.82, 2.24) is 15.2 Å². The molecular weight excluding hydrogens is 321 g/mol. The maximum atomic E-state index is 13.7. The van der Waals surface area contributed by atoms with E-state index in [-0.39, 0.29) is 17.3 Å². The van der Waals surface area contributed by atoms with Gasteiger partial charge in [-0.05, 0) is 38.4 Å². The lowest BCUT2D eigenvalue weighted by Crippen LogP contribution is -2.31. The second-order valence-corrected chi connectivity index (χ2v) is 5.34. The van der Waals surface area contributed by atoms with Crippen LogP contribution >= 0.6 is 0 Å². The smallest absolute Gasteiger partial charge is 0.269 e. The van der Waals surface area contributed by atoms with Gasteiger partial charge < -0.3 is 15.5 Å². The maximum Gasteiger partial charge on any atom is 0.269 e. The van der Waals surface area contributed by atoms with Crippen molar-refractivity contribution in [2.75, 3.05) is 32.5 Å². The van der Waals surface area contributed by atoms with Crippen molar-refractivity contribution in [2.45, 2.75) is 0 Å². The molecule has 0 atom stereocenters. The number of nitrogens with zero attached hydrogens (tertiary/aromatic N) is 2. The van der Waals surface area contributed by atoms with Crippen LogP contribution in [0.15, 0.2) is 30.5 Å². The standard InChI is InChI=1S/C16H17F3N4O/c1-23(2)8-7-21-16(24)13-9-10(5-6-20-13)22-12-4-3-11(17)14(18)15(12)19/h3-6,9H,7-8H2,1-2H3,(H,20,22)(H,21,24). The molecule has 0 aliphatic rings. The van der Waals surface area contributed by atoms with Gasteiger partial charge in [0, 0.05) is 25.0 Å². The van der Waals surface area contributed by atoms with E-state index in [4.69, 9.17) is 0 Å². The number of aromatic nitrogens is 1. The molecular formula is C16H17F3N4O. The third kappa shape index (κ3) is 4.45. The minimum absolute atomic E-state index is 0.127. The summed E-state index contributed by atoms with van der Waals surface area (Å²) in [6.07, 6.45) is 1.36. The van der Waals surface area contributed by atoms with Crippen LogP contribution in [0, 0.1) is 17.5 Å². The average molecular weight is 338 g/mol. The zero-order chi connectivity index (χ0) is 17.7. The summed E-state index contributed by atoms with van der Waals surface area (Å²) in [5.41, 5.74) is 0.216. The van der Waals surface area contributed by atoms with Gasteiger partial charge in [0.1, 0.15) is 5.69 Å². The maximum absolute atomic E-state index is 13.7. The Balaban J connectivity index is 2.10. The fourth-order valence-corrected chi connectivity index (χ4v) is 1.89. The third-order valence-corrected chi connectivity index (χ3v) is 3.15. The molecule has 1 aromatic carbocycles. The van der Waals surface area contributed by atoms with Crippen LogP contribution in [0.5, 0.6) is 0 Å². The quantitative estimate of drug-likeness (QED) is 0.795. The highest BCUT2D eigenvalue weighted by Crippen LogP contribution is 2.23. The molecule has 0 saturated carbocycles. The van der Waals surface area contributed by atoms with E-state index >= 15 is 0 Å². The molecule has 0 aliphatic heterocycles. The van der Waals surface area contributed by atoms with Crippen LogP contribution in [-0.2, 0) is 0 Å². The molecule has 0 fully saturated rings. The second-order valence-electron chi connectivity index (χ2n) is 5.34. The molecule has 2 N–H and O–H groups in total. The van der Waals surface area contributed by atoms with Crippen molar-refractivity contribution in [1.29, 1.82) is 0 Å². The summed E-state index contributed by atoms with van der Waals surface area (Å²) in [7, 11) is 3.76. The van der Waals surface area contributed by atoms with Gasteiger partial charge in [-0.2, -0.15) is 0 Å². The largest absolute Gasteiger partial charge is 0.353 e. The number of likely N-dealkylation sites (N-methyl/N-ethyl adjacent to an activating group) is 1. The highest BCUT2D eigenvalue weighted by atomic mass is 19.2. The molecule has 1 heterocycles. The molecule has 2 aromatic rings. The Hall–Kier alpha value is -2.61. The number of benzene rings is 1. The number of carbonyl (C=O) groups excluding carboxylic acids is 1. The number of carbonyl (C=O) groups is 1. The minimum Gasteiger partial charge on any atom is -0.353 e. The average Bonchev–Trinajstić information content (AvgIpc) is 2.55. The molecule has 0 saturated heterocycles. The van der Waals surface area contributed by atoms with E-state index in [0.717, 1.165) is 12.1 Å². The Morgan fingerprint density at radius 1 is 1.17 bits per heavy atom. The first-order valence-electron chi connectivity index (χ1n) is 7.18. The molecule has 1 amide bonds. The van der Waals surface area contributed by atoms with Crippen molar-refractivity contribution < 1.29 is 18.0 Å². The van der Waals surface area contributed by atoms with Crippen LogP contribution in [-0.4, -0.2) is 43.0 Å². The SMILES string of the molecule is CN(C)CCNC(=O)c1cc(Nc2ccc(F)c(F)c2F)ccn1. The van der Waals surface area contributed by atoms with Gasteiger partial charge in [0.05, 0.1) is 5.69 Å². The third-order valence-electron chi connectivity index (χ3n) is 3.15. The van der Waals surface area contributed by atoms with Gasteiger partial charge in [-0.25, -0.2) is 13.2 Å². The summed E-state index contributed by atoms with van der Waals surface area (Å²) in [5, 5.41) is 5.29. The lowest BCUT2D eigenvalue weighted by molar-refractivity contribution is 0.0946. The van der Waals surface area contributed by atoms with E-state index < -0.39 is 17.5 Å². The Labute approximate surface area is 137 Å². The molecule has 24 heavy (non-hydrogen) atoms. The molecule has 0 spiro atoms. The molecule has 0 aliphatic carbocycles. The predicted octanol–water partition coefficient (Wildman–Crippen LogP) is 2.53. The Morgan fingerprint density at radius 3 is 2.62 bits per heavy atom. The number of amides is 1. The normalized spacial score (nSPS) is 10.8. The van der Waals surface area contributed by atoms with Gasteiger partial charge in [-0.15, -0.1) is 0 Å². The van der Waals surface area contributed by atoms with E-state index in [1.165, 1.54) is 18.3 Å². The van der Waals surface area contributed by atoms with Crippen molar-refractivity contribution in [3.8, 4) is 0 Å². The monoisotopic (exact) mass is 338 g/mol.